The fourth-order valence-corrected chi connectivity index (χ4v) is 2.93. The van der Waals surface area contributed by atoms with Crippen LogP contribution in [0.15, 0.2) is 0 Å². The zero-order valence-electron chi connectivity index (χ0n) is 10.9. The van der Waals surface area contributed by atoms with Gasteiger partial charge in [-0.25, -0.2) is 4.68 Å². The van der Waals surface area contributed by atoms with Crippen LogP contribution in [0.1, 0.15) is 43.9 Å². The summed E-state index contributed by atoms with van der Waals surface area (Å²) in [7, 11) is 1.92. The number of halogens is 1. The van der Waals surface area contributed by atoms with Crippen molar-refractivity contribution in [3.8, 4) is 5.88 Å². The van der Waals surface area contributed by atoms with Crippen molar-refractivity contribution in [2.24, 2.45) is 13.0 Å². The molecule has 2 unspecified atom stereocenters. The van der Waals surface area contributed by atoms with Crippen molar-refractivity contribution in [1.29, 1.82) is 0 Å². The van der Waals surface area contributed by atoms with Crippen molar-refractivity contribution in [1.82, 2.24) is 9.78 Å². The summed E-state index contributed by atoms with van der Waals surface area (Å²) in [6.45, 7) is 4.28. The van der Waals surface area contributed by atoms with Gasteiger partial charge >= 0.3 is 0 Å². The van der Waals surface area contributed by atoms with E-state index in [4.69, 9.17) is 16.3 Å². The highest BCUT2D eigenvalue weighted by atomic mass is 35.5. The highest BCUT2D eigenvalue weighted by molar-refractivity contribution is 6.17. The first-order valence-corrected chi connectivity index (χ1v) is 6.90. The number of alkyl halides is 1. The van der Waals surface area contributed by atoms with Crippen LogP contribution in [0.2, 0.25) is 0 Å². The van der Waals surface area contributed by atoms with Gasteiger partial charge in [-0.3, -0.25) is 0 Å². The molecule has 1 aliphatic rings. The summed E-state index contributed by atoms with van der Waals surface area (Å²) < 4.78 is 7.93. The SMILES string of the molecule is Cc1nn(C)c(OC2CCCC(C)C2)c1CCl. The minimum Gasteiger partial charge on any atom is -0.474 e. The Kier molecular flexibility index (Phi) is 3.97. The number of hydrogen-bond donors (Lipinski definition) is 0. The van der Waals surface area contributed by atoms with Crippen molar-refractivity contribution in [2.45, 2.75) is 51.5 Å². The van der Waals surface area contributed by atoms with Gasteiger partial charge in [0.25, 0.3) is 0 Å². The normalized spacial score (nSPS) is 24.9. The van der Waals surface area contributed by atoms with Crippen LogP contribution in [0.4, 0.5) is 0 Å². The van der Waals surface area contributed by atoms with Gasteiger partial charge in [0, 0.05) is 7.05 Å². The predicted octanol–water partition coefficient (Wildman–Crippen LogP) is 3.42. The third-order valence-electron chi connectivity index (χ3n) is 3.59. The second-order valence-corrected chi connectivity index (χ2v) is 5.41. The number of aryl methyl sites for hydroxylation is 2. The molecule has 0 amide bonds. The van der Waals surface area contributed by atoms with E-state index in [1.807, 2.05) is 18.7 Å². The zero-order chi connectivity index (χ0) is 12.4. The molecule has 0 N–H and O–H groups in total. The third kappa shape index (κ3) is 2.76. The maximum atomic E-state index is 6.12. The highest BCUT2D eigenvalue weighted by Crippen LogP contribution is 2.30. The van der Waals surface area contributed by atoms with E-state index in [0.29, 0.717) is 12.0 Å². The fraction of sp³-hybridized carbons (Fsp3) is 0.769. The lowest BCUT2D eigenvalue weighted by atomic mass is 9.89. The maximum absolute atomic E-state index is 6.12. The molecular formula is C13H21ClN2O. The topological polar surface area (TPSA) is 27.1 Å². The smallest absolute Gasteiger partial charge is 0.216 e. The van der Waals surface area contributed by atoms with Crippen molar-refractivity contribution in [3.05, 3.63) is 11.3 Å². The molecule has 0 saturated heterocycles. The number of hydrogen-bond acceptors (Lipinski definition) is 2. The van der Waals surface area contributed by atoms with E-state index in [1.165, 1.54) is 12.8 Å². The quantitative estimate of drug-likeness (QED) is 0.775. The average Bonchev–Trinajstić information content (AvgIpc) is 2.53. The molecule has 1 fully saturated rings. The lowest BCUT2D eigenvalue weighted by Gasteiger charge is -2.27. The average molecular weight is 257 g/mol. The van der Waals surface area contributed by atoms with Crippen molar-refractivity contribution < 1.29 is 4.74 Å². The van der Waals surface area contributed by atoms with Crippen LogP contribution in [0, 0.1) is 12.8 Å². The molecule has 0 radical (unpaired) electrons. The largest absolute Gasteiger partial charge is 0.474 e. The van der Waals surface area contributed by atoms with E-state index in [1.54, 1.807) is 0 Å². The number of aromatic nitrogens is 2. The molecule has 0 spiro atoms. The van der Waals surface area contributed by atoms with Crippen LogP contribution in [0.5, 0.6) is 5.88 Å². The third-order valence-corrected chi connectivity index (χ3v) is 3.86. The highest BCUT2D eigenvalue weighted by Gasteiger charge is 2.23. The Hall–Kier alpha value is -0.700. The molecule has 1 saturated carbocycles. The van der Waals surface area contributed by atoms with E-state index in [-0.39, 0.29) is 0 Å². The van der Waals surface area contributed by atoms with E-state index in [9.17, 15) is 0 Å². The van der Waals surface area contributed by atoms with E-state index in [0.717, 1.165) is 35.9 Å². The summed E-state index contributed by atoms with van der Waals surface area (Å²) in [6, 6.07) is 0. The molecule has 2 atom stereocenters. The van der Waals surface area contributed by atoms with Gasteiger partial charge in [0.05, 0.1) is 17.1 Å². The van der Waals surface area contributed by atoms with Crippen LogP contribution in [0.25, 0.3) is 0 Å². The molecule has 3 nitrogen and oxygen atoms in total. The van der Waals surface area contributed by atoms with Gasteiger partial charge in [0.1, 0.15) is 6.10 Å². The molecule has 0 aromatic carbocycles. The van der Waals surface area contributed by atoms with Crippen molar-refractivity contribution >= 4 is 11.6 Å². The lowest BCUT2D eigenvalue weighted by Crippen LogP contribution is -2.25. The molecule has 96 valence electrons. The zero-order valence-corrected chi connectivity index (χ0v) is 11.6. The second kappa shape index (κ2) is 5.30. The molecule has 4 heteroatoms. The van der Waals surface area contributed by atoms with Crippen molar-refractivity contribution in [2.75, 3.05) is 0 Å². The van der Waals surface area contributed by atoms with E-state index in [2.05, 4.69) is 12.0 Å². The standard InChI is InChI=1S/C13H21ClN2O/c1-9-5-4-6-11(7-9)17-13-12(8-14)10(2)15-16(13)3/h9,11H,4-8H2,1-3H3. The summed E-state index contributed by atoms with van der Waals surface area (Å²) in [5.41, 5.74) is 2.01. The van der Waals surface area contributed by atoms with Crippen LogP contribution >= 0.6 is 11.6 Å². The Morgan fingerprint density at radius 1 is 1.47 bits per heavy atom. The Morgan fingerprint density at radius 3 is 2.88 bits per heavy atom. The number of ether oxygens (including phenoxy) is 1. The van der Waals surface area contributed by atoms with Gasteiger partial charge in [-0.1, -0.05) is 13.3 Å². The minimum atomic E-state index is 0.329. The van der Waals surface area contributed by atoms with Crippen LogP contribution in [-0.4, -0.2) is 15.9 Å². The van der Waals surface area contributed by atoms with Gasteiger partial charge in [0.2, 0.25) is 5.88 Å². The van der Waals surface area contributed by atoms with Gasteiger partial charge < -0.3 is 4.74 Å². The first-order valence-electron chi connectivity index (χ1n) is 6.37. The number of nitrogens with zero attached hydrogens (tertiary/aromatic N) is 2. The minimum absolute atomic E-state index is 0.329. The van der Waals surface area contributed by atoms with Crippen LogP contribution in [0.3, 0.4) is 0 Å². The van der Waals surface area contributed by atoms with Gasteiger partial charge in [-0.15, -0.1) is 11.6 Å². The lowest BCUT2D eigenvalue weighted by molar-refractivity contribution is 0.118. The van der Waals surface area contributed by atoms with Gasteiger partial charge in [-0.2, -0.15) is 5.10 Å². The molecule has 0 aliphatic heterocycles. The molecule has 1 aromatic rings. The van der Waals surface area contributed by atoms with Gasteiger partial charge in [-0.05, 0) is 32.1 Å². The summed E-state index contributed by atoms with van der Waals surface area (Å²) in [5, 5.41) is 4.37. The molecule has 0 bridgehead atoms. The van der Waals surface area contributed by atoms with Gasteiger partial charge in [0.15, 0.2) is 0 Å². The molecular weight excluding hydrogens is 236 g/mol. The Morgan fingerprint density at radius 2 is 2.24 bits per heavy atom. The fourth-order valence-electron chi connectivity index (χ4n) is 2.63. The first-order chi connectivity index (χ1) is 8.11. The molecule has 1 heterocycles. The predicted molar refractivity (Wildman–Crippen MR) is 69.6 cm³/mol. The van der Waals surface area contributed by atoms with Crippen LogP contribution < -0.4 is 4.74 Å². The van der Waals surface area contributed by atoms with E-state index >= 15 is 0 Å². The monoisotopic (exact) mass is 256 g/mol. The molecule has 17 heavy (non-hydrogen) atoms. The van der Waals surface area contributed by atoms with Crippen molar-refractivity contribution in [3.63, 3.8) is 0 Å². The molecule has 2 rings (SSSR count). The Bertz CT molecular complexity index is 389. The Labute approximate surface area is 108 Å². The number of rotatable bonds is 3. The first kappa shape index (κ1) is 12.7. The second-order valence-electron chi connectivity index (χ2n) is 5.14. The van der Waals surface area contributed by atoms with Crippen LogP contribution in [-0.2, 0) is 12.9 Å². The summed E-state index contributed by atoms with van der Waals surface area (Å²) >= 11 is 5.96. The summed E-state index contributed by atoms with van der Waals surface area (Å²) in [4.78, 5) is 0. The Balaban J connectivity index is 2.12. The molecule has 1 aromatic heterocycles. The van der Waals surface area contributed by atoms with E-state index < -0.39 is 0 Å². The summed E-state index contributed by atoms with van der Waals surface area (Å²) in [5.74, 6) is 2.09. The maximum Gasteiger partial charge on any atom is 0.216 e. The summed E-state index contributed by atoms with van der Waals surface area (Å²) in [6.07, 6.45) is 5.21. The molecule has 1 aliphatic carbocycles.